The molecule has 1 saturated heterocycles. The van der Waals surface area contributed by atoms with E-state index in [-0.39, 0.29) is 0 Å². The second-order valence-electron chi connectivity index (χ2n) is 7.70. The van der Waals surface area contributed by atoms with Crippen LogP contribution in [-0.2, 0) is 7.05 Å². The third-order valence-corrected chi connectivity index (χ3v) is 6.12. The average molecular weight is 322 g/mol. The van der Waals surface area contributed by atoms with Gasteiger partial charge < -0.3 is 9.88 Å². The predicted octanol–water partition coefficient (Wildman–Crippen LogP) is 2.84. The summed E-state index contributed by atoms with van der Waals surface area (Å²) >= 11 is 0. The van der Waals surface area contributed by atoms with Crippen LogP contribution in [0, 0.1) is 17.3 Å². The molecule has 2 fully saturated rings. The summed E-state index contributed by atoms with van der Waals surface area (Å²) in [6, 6.07) is 0. The lowest BCUT2D eigenvalue weighted by Crippen LogP contribution is -2.27. The zero-order valence-electron chi connectivity index (χ0n) is 14.3. The van der Waals surface area contributed by atoms with Crippen LogP contribution < -0.4 is 4.90 Å². The molecule has 6 heteroatoms. The van der Waals surface area contributed by atoms with Crippen molar-refractivity contribution in [1.29, 1.82) is 0 Å². The van der Waals surface area contributed by atoms with Crippen molar-refractivity contribution in [2.45, 2.75) is 20.3 Å². The highest BCUT2D eigenvalue weighted by Crippen LogP contribution is 2.62. The van der Waals surface area contributed by atoms with Gasteiger partial charge in [-0.3, -0.25) is 4.68 Å². The highest BCUT2D eigenvalue weighted by Gasteiger charge is 2.61. The van der Waals surface area contributed by atoms with Gasteiger partial charge in [0.15, 0.2) is 0 Å². The number of aromatic nitrogens is 5. The quantitative estimate of drug-likeness (QED) is 0.805. The average Bonchev–Trinajstić information content (AvgIpc) is 2.95. The smallest absolute Gasteiger partial charge is 0.143 e. The molecule has 6 nitrogen and oxygen atoms in total. The number of hydrogen-bond acceptors (Lipinski definition) is 4. The fraction of sp³-hybridized carbons (Fsp3) is 0.500. The van der Waals surface area contributed by atoms with Crippen LogP contribution in [0.2, 0.25) is 0 Å². The van der Waals surface area contributed by atoms with Gasteiger partial charge in [0, 0.05) is 43.7 Å². The number of H-pyrrole nitrogens is 1. The third-order valence-electron chi connectivity index (χ3n) is 6.12. The molecule has 2 atom stereocenters. The van der Waals surface area contributed by atoms with E-state index in [0.29, 0.717) is 5.41 Å². The van der Waals surface area contributed by atoms with Gasteiger partial charge in [-0.1, -0.05) is 13.8 Å². The number of nitrogens with one attached hydrogen (secondary N) is 1. The van der Waals surface area contributed by atoms with E-state index in [1.807, 2.05) is 30.3 Å². The summed E-state index contributed by atoms with van der Waals surface area (Å²) in [5.41, 5.74) is 3.64. The Labute approximate surface area is 140 Å². The first-order valence-corrected chi connectivity index (χ1v) is 8.64. The van der Waals surface area contributed by atoms with E-state index in [1.165, 1.54) is 6.42 Å². The van der Waals surface area contributed by atoms with E-state index < -0.39 is 0 Å². The molecular weight excluding hydrogens is 300 g/mol. The maximum atomic E-state index is 4.67. The lowest BCUT2D eigenvalue weighted by Gasteiger charge is -2.24. The number of nitrogens with zero attached hydrogens (tertiary/aromatic N) is 5. The van der Waals surface area contributed by atoms with Gasteiger partial charge in [0.1, 0.15) is 17.8 Å². The molecule has 1 N–H and O–H groups in total. The van der Waals surface area contributed by atoms with Gasteiger partial charge in [0.25, 0.3) is 0 Å². The summed E-state index contributed by atoms with van der Waals surface area (Å²) in [5, 5.41) is 5.42. The van der Waals surface area contributed by atoms with Gasteiger partial charge >= 0.3 is 0 Å². The number of rotatable bonds is 3. The van der Waals surface area contributed by atoms with Crippen LogP contribution in [0.15, 0.2) is 24.9 Å². The van der Waals surface area contributed by atoms with Gasteiger partial charge in [0.05, 0.1) is 11.6 Å². The SMILES string of the molecule is CC(C)C12CC1CN(c1ncnc3[nH]cc(-c4cnn(C)c4)c13)C2. The minimum Gasteiger partial charge on any atom is -0.355 e. The molecule has 4 heterocycles. The number of hydrogen-bond donors (Lipinski definition) is 1. The lowest BCUT2D eigenvalue weighted by atomic mass is 9.91. The van der Waals surface area contributed by atoms with Crippen LogP contribution in [0.3, 0.4) is 0 Å². The molecule has 3 aromatic rings. The van der Waals surface area contributed by atoms with Crippen LogP contribution in [0.1, 0.15) is 20.3 Å². The summed E-state index contributed by atoms with van der Waals surface area (Å²) in [6.07, 6.45) is 9.01. The molecule has 0 bridgehead atoms. The molecule has 0 spiro atoms. The van der Waals surface area contributed by atoms with Crippen molar-refractivity contribution in [3.05, 3.63) is 24.9 Å². The molecule has 0 radical (unpaired) electrons. The topological polar surface area (TPSA) is 62.6 Å². The molecule has 5 rings (SSSR count). The largest absolute Gasteiger partial charge is 0.355 e. The summed E-state index contributed by atoms with van der Waals surface area (Å²) in [7, 11) is 1.94. The number of aryl methyl sites for hydroxylation is 1. The summed E-state index contributed by atoms with van der Waals surface area (Å²) in [4.78, 5) is 14.9. The van der Waals surface area contributed by atoms with E-state index in [0.717, 1.165) is 52.9 Å². The van der Waals surface area contributed by atoms with Crippen LogP contribution in [0.4, 0.5) is 5.82 Å². The molecule has 2 aliphatic rings. The first-order chi connectivity index (χ1) is 11.6. The van der Waals surface area contributed by atoms with Crippen LogP contribution in [-0.4, -0.2) is 37.8 Å². The van der Waals surface area contributed by atoms with Crippen LogP contribution in [0.5, 0.6) is 0 Å². The van der Waals surface area contributed by atoms with E-state index in [9.17, 15) is 0 Å². The molecule has 1 aliphatic carbocycles. The fourth-order valence-corrected chi connectivity index (χ4v) is 4.55. The van der Waals surface area contributed by atoms with Crippen molar-refractivity contribution in [3.8, 4) is 11.1 Å². The zero-order chi connectivity index (χ0) is 16.5. The van der Waals surface area contributed by atoms with E-state index in [2.05, 4.69) is 38.8 Å². The standard InChI is InChI=1S/C18H22N6/c1-11(2)18-4-13(18)8-24(9-18)17-15-14(12-5-22-23(3)7-12)6-19-16(15)20-10-21-17/h5-7,10-11,13H,4,8-9H2,1-3H3,(H,19,20,21). The van der Waals surface area contributed by atoms with E-state index in [4.69, 9.17) is 0 Å². The molecular formula is C18H22N6. The number of anilines is 1. The lowest BCUT2D eigenvalue weighted by molar-refractivity contribution is 0.371. The Balaban J connectivity index is 1.61. The predicted molar refractivity (Wildman–Crippen MR) is 93.7 cm³/mol. The van der Waals surface area contributed by atoms with E-state index in [1.54, 1.807) is 6.33 Å². The molecule has 1 aliphatic heterocycles. The van der Waals surface area contributed by atoms with Crippen molar-refractivity contribution >= 4 is 16.9 Å². The van der Waals surface area contributed by atoms with Gasteiger partial charge in [-0.05, 0) is 23.7 Å². The molecule has 1 saturated carbocycles. The molecule has 0 amide bonds. The zero-order valence-corrected chi connectivity index (χ0v) is 14.3. The molecule has 124 valence electrons. The Bertz CT molecular complexity index is 923. The maximum absolute atomic E-state index is 4.67. The third kappa shape index (κ3) is 1.79. The van der Waals surface area contributed by atoms with Crippen molar-refractivity contribution in [2.24, 2.45) is 24.3 Å². The Morgan fingerprint density at radius 2 is 2.21 bits per heavy atom. The van der Waals surface area contributed by atoms with E-state index >= 15 is 0 Å². The Morgan fingerprint density at radius 1 is 1.33 bits per heavy atom. The van der Waals surface area contributed by atoms with Gasteiger partial charge in [-0.15, -0.1) is 0 Å². The van der Waals surface area contributed by atoms with Crippen LogP contribution >= 0.6 is 0 Å². The van der Waals surface area contributed by atoms with Gasteiger partial charge in [-0.2, -0.15) is 5.10 Å². The second-order valence-corrected chi connectivity index (χ2v) is 7.70. The highest BCUT2D eigenvalue weighted by atomic mass is 15.3. The first kappa shape index (κ1) is 14.0. The normalized spacial score (nSPS) is 25.7. The van der Waals surface area contributed by atoms with Crippen molar-refractivity contribution in [1.82, 2.24) is 24.7 Å². The summed E-state index contributed by atoms with van der Waals surface area (Å²) in [5.74, 6) is 2.62. The molecule has 24 heavy (non-hydrogen) atoms. The van der Waals surface area contributed by atoms with Crippen molar-refractivity contribution in [3.63, 3.8) is 0 Å². The Morgan fingerprint density at radius 3 is 2.92 bits per heavy atom. The monoisotopic (exact) mass is 322 g/mol. The fourth-order valence-electron chi connectivity index (χ4n) is 4.55. The Hall–Kier alpha value is -2.37. The Kier molecular flexibility index (Phi) is 2.68. The molecule has 2 unspecified atom stereocenters. The first-order valence-electron chi connectivity index (χ1n) is 8.64. The summed E-state index contributed by atoms with van der Waals surface area (Å²) in [6.45, 7) is 6.94. The molecule has 0 aromatic carbocycles. The number of fused-ring (bicyclic) bond motifs is 2. The van der Waals surface area contributed by atoms with Crippen molar-refractivity contribution < 1.29 is 0 Å². The minimum absolute atomic E-state index is 0.502. The minimum atomic E-state index is 0.502. The van der Waals surface area contributed by atoms with Gasteiger partial charge in [0.2, 0.25) is 0 Å². The second kappa shape index (κ2) is 4.59. The highest BCUT2D eigenvalue weighted by molar-refractivity contribution is 6.01. The van der Waals surface area contributed by atoms with Gasteiger partial charge in [-0.25, -0.2) is 9.97 Å². The summed E-state index contributed by atoms with van der Waals surface area (Å²) < 4.78 is 1.83. The maximum Gasteiger partial charge on any atom is 0.143 e. The number of aromatic amines is 1. The van der Waals surface area contributed by atoms with Crippen LogP contribution in [0.25, 0.3) is 22.2 Å². The van der Waals surface area contributed by atoms with Crippen molar-refractivity contribution in [2.75, 3.05) is 18.0 Å². The number of piperidine rings is 1. The molecule has 3 aromatic heterocycles.